The number of nitrogens with one attached hydrogen (secondary N) is 1. The average Bonchev–Trinajstić information content (AvgIpc) is 2.80. The molecule has 1 aromatic heterocycles. The summed E-state index contributed by atoms with van der Waals surface area (Å²) in [6.45, 7) is 6.73. The highest BCUT2D eigenvalue weighted by atomic mass is 15.3. The lowest BCUT2D eigenvalue weighted by Crippen LogP contribution is -2.23. The summed E-state index contributed by atoms with van der Waals surface area (Å²) in [6.07, 6.45) is 1.21. The Morgan fingerprint density at radius 1 is 1.41 bits per heavy atom. The summed E-state index contributed by atoms with van der Waals surface area (Å²) in [5.74, 6) is 0.969. The first-order valence-corrected chi connectivity index (χ1v) is 6.04. The first kappa shape index (κ1) is 10.4. The Bertz CT molecular complexity index is 556. The molecule has 17 heavy (non-hydrogen) atoms. The number of hydrogen-bond donors (Lipinski definition) is 2. The molecule has 0 aliphatic carbocycles. The molecule has 1 fully saturated rings. The third-order valence-electron chi connectivity index (χ3n) is 3.47. The number of imidazole rings is 1. The molecule has 0 amide bonds. The molecule has 0 bridgehead atoms. The lowest BCUT2D eigenvalue weighted by Gasteiger charge is -2.18. The number of aromatic nitrogens is 2. The van der Waals surface area contributed by atoms with Gasteiger partial charge in [0.2, 0.25) is 5.95 Å². The van der Waals surface area contributed by atoms with Crippen LogP contribution in [-0.2, 0) is 0 Å². The number of aromatic amines is 1. The molecule has 0 saturated carbocycles. The summed E-state index contributed by atoms with van der Waals surface area (Å²) in [4.78, 5) is 10.3. The topological polar surface area (TPSA) is 57.9 Å². The Labute approximate surface area is 101 Å². The molecule has 4 heteroatoms. The Morgan fingerprint density at radius 3 is 2.94 bits per heavy atom. The minimum absolute atomic E-state index is 0.387. The van der Waals surface area contributed by atoms with Crippen molar-refractivity contribution in [2.24, 2.45) is 5.41 Å². The molecule has 1 saturated heterocycles. The molecular weight excluding hydrogens is 212 g/mol. The molecule has 4 nitrogen and oxygen atoms in total. The summed E-state index contributed by atoms with van der Waals surface area (Å²) in [5.41, 5.74) is 8.93. The number of nitrogens with two attached hydrogens (primary N) is 1. The van der Waals surface area contributed by atoms with E-state index in [2.05, 4.69) is 28.7 Å². The highest BCUT2D eigenvalue weighted by molar-refractivity contribution is 5.80. The number of fused-ring (bicyclic) bond motifs is 1. The van der Waals surface area contributed by atoms with Crippen molar-refractivity contribution in [2.75, 3.05) is 23.7 Å². The van der Waals surface area contributed by atoms with E-state index < -0.39 is 0 Å². The number of anilines is 2. The van der Waals surface area contributed by atoms with Crippen LogP contribution >= 0.6 is 0 Å². The van der Waals surface area contributed by atoms with Gasteiger partial charge in [-0.25, -0.2) is 4.98 Å². The van der Waals surface area contributed by atoms with Gasteiger partial charge in [-0.3, -0.25) is 0 Å². The largest absolute Gasteiger partial charge is 0.399 e. The fourth-order valence-electron chi connectivity index (χ4n) is 2.46. The van der Waals surface area contributed by atoms with E-state index in [1.165, 1.54) is 6.42 Å². The molecule has 0 unspecified atom stereocenters. The van der Waals surface area contributed by atoms with Crippen LogP contribution in [0.25, 0.3) is 11.0 Å². The number of H-pyrrole nitrogens is 1. The van der Waals surface area contributed by atoms with Gasteiger partial charge in [-0.15, -0.1) is 0 Å². The van der Waals surface area contributed by atoms with E-state index >= 15 is 0 Å². The maximum atomic E-state index is 5.77. The first-order valence-electron chi connectivity index (χ1n) is 6.04. The van der Waals surface area contributed by atoms with Crippen LogP contribution in [-0.4, -0.2) is 23.1 Å². The molecule has 2 aromatic rings. The summed E-state index contributed by atoms with van der Waals surface area (Å²) in [5, 5.41) is 0. The highest BCUT2D eigenvalue weighted by Crippen LogP contribution is 2.32. The van der Waals surface area contributed by atoms with Gasteiger partial charge in [-0.2, -0.15) is 0 Å². The molecular formula is C13H18N4. The van der Waals surface area contributed by atoms with E-state index in [0.29, 0.717) is 5.41 Å². The molecule has 3 rings (SSSR count). The molecule has 0 spiro atoms. The van der Waals surface area contributed by atoms with E-state index in [1.54, 1.807) is 0 Å². The van der Waals surface area contributed by atoms with Crippen molar-refractivity contribution < 1.29 is 0 Å². The Morgan fingerprint density at radius 2 is 2.24 bits per heavy atom. The Balaban J connectivity index is 1.96. The van der Waals surface area contributed by atoms with Gasteiger partial charge in [-0.1, -0.05) is 13.8 Å². The third kappa shape index (κ3) is 1.84. The molecule has 2 heterocycles. The van der Waals surface area contributed by atoms with Gasteiger partial charge in [-0.05, 0) is 30.0 Å². The predicted octanol–water partition coefficient (Wildman–Crippen LogP) is 2.38. The van der Waals surface area contributed by atoms with Crippen molar-refractivity contribution >= 4 is 22.7 Å². The highest BCUT2D eigenvalue weighted by Gasteiger charge is 2.30. The molecule has 1 aliphatic rings. The second-order valence-electron chi connectivity index (χ2n) is 5.67. The predicted molar refractivity (Wildman–Crippen MR) is 71.1 cm³/mol. The van der Waals surface area contributed by atoms with E-state index in [4.69, 9.17) is 5.73 Å². The normalized spacial score (nSPS) is 19.1. The van der Waals surface area contributed by atoms with Crippen LogP contribution in [0.4, 0.5) is 11.6 Å². The minimum Gasteiger partial charge on any atom is -0.399 e. The second-order valence-corrected chi connectivity index (χ2v) is 5.67. The van der Waals surface area contributed by atoms with Crippen LogP contribution in [0.5, 0.6) is 0 Å². The zero-order valence-electron chi connectivity index (χ0n) is 10.3. The van der Waals surface area contributed by atoms with E-state index in [-0.39, 0.29) is 0 Å². The zero-order valence-corrected chi connectivity index (χ0v) is 10.3. The van der Waals surface area contributed by atoms with Gasteiger partial charge >= 0.3 is 0 Å². The Kier molecular flexibility index (Phi) is 2.08. The molecule has 90 valence electrons. The maximum Gasteiger partial charge on any atom is 0.203 e. The van der Waals surface area contributed by atoms with Gasteiger partial charge in [0.05, 0.1) is 11.0 Å². The summed E-state index contributed by atoms with van der Waals surface area (Å²) in [7, 11) is 0. The van der Waals surface area contributed by atoms with Crippen molar-refractivity contribution in [2.45, 2.75) is 20.3 Å². The third-order valence-corrected chi connectivity index (χ3v) is 3.47. The van der Waals surface area contributed by atoms with Crippen LogP contribution in [0.15, 0.2) is 18.2 Å². The van der Waals surface area contributed by atoms with Crippen LogP contribution in [0.3, 0.4) is 0 Å². The molecule has 3 N–H and O–H groups in total. The Hall–Kier alpha value is -1.71. The number of nitrogens with zero attached hydrogens (tertiary/aromatic N) is 2. The van der Waals surface area contributed by atoms with Crippen LogP contribution in [0.1, 0.15) is 20.3 Å². The fraction of sp³-hybridized carbons (Fsp3) is 0.462. The molecule has 0 atom stereocenters. The van der Waals surface area contributed by atoms with Gasteiger partial charge in [0.15, 0.2) is 0 Å². The van der Waals surface area contributed by atoms with Crippen molar-refractivity contribution in [1.29, 1.82) is 0 Å². The smallest absolute Gasteiger partial charge is 0.203 e. The molecule has 1 aromatic carbocycles. The number of hydrogen-bond acceptors (Lipinski definition) is 3. The summed E-state index contributed by atoms with van der Waals surface area (Å²) < 4.78 is 0. The van der Waals surface area contributed by atoms with Crippen molar-refractivity contribution in [3.63, 3.8) is 0 Å². The zero-order chi connectivity index (χ0) is 12.0. The number of rotatable bonds is 1. The van der Waals surface area contributed by atoms with Crippen LogP contribution in [0, 0.1) is 5.41 Å². The van der Waals surface area contributed by atoms with E-state index in [1.807, 2.05) is 18.2 Å². The first-order chi connectivity index (χ1) is 8.03. The van der Waals surface area contributed by atoms with Gasteiger partial charge in [0, 0.05) is 18.8 Å². The summed E-state index contributed by atoms with van der Waals surface area (Å²) >= 11 is 0. The fourth-order valence-corrected chi connectivity index (χ4v) is 2.46. The van der Waals surface area contributed by atoms with Gasteiger partial charge in [0.1, 0.15) is 0 Å². The number of benzene rings is 1. The van der Waals surface area contributed by atoms with E-state index in [0.717, 1.165) is 35.8 Å². The van der Waals surface area contributed by atoms with E-state index in [9.17, 15) is 0 Å². The molecule has 0 radical (unpaired) electrons. The van der Waals surface area contributed by atoms with Crippen LogP contribution < -0.4 is 10.6 Å². The average molecular weight is 230 g/mol. The SMILES string of the molecule is CC1(C)CCN(c2nc3ccc(N)cc3[nH]2)C1. The second kappa shape index (κ2) is 3.39. The van der Waals surface area contributed by atoms with Crippen molar-refractivity contribution in [3.05, 3.63) is 18.2 Å². The molecule has 1 aliphatic heterocycles. The summed E-state index contributed by atoms with van der Waals surface area (Å²) in [6, 6.07) is 5.79. The lowest BCUT2D eigenvalue weighted by molar-refractivity contribution is 0.418. The minimum atomic E-state index is 0.387. The maximum absolute atomic E-state index is 5.77. The quantitative estimate of drug-likeness (QED) is 0.739. The van der Waals surface area contributed by atoms with Crippen molar-refractivity contribution in [3.8, 4) is 0 Å². The van der Waals surface area contributed by atoms with Gasteiger partial charge in [0.25, 0.3) is 0 Å². The number of nitrogen functional groups attached to an aromatic ring is 1. The van der Waals surface area contributed by atoms with Gasteiger partial charge < -0.3 is 15.6 Å². The monoisotopic (exact) mass is 230 g/mol. The lowest BCUT2D eigenvalue weighted by atomic mass is 9.93. The van der Waals surface area contributed by atoms with Crippen LogP contribution in [0.2, 0.25) is 0 Å². The van der Waals surface area contributed by atoms with Crippen molar-refractivity contribution in [1.82, 2.24) is 9.97 Å². The standard InChI is InChI=1S/C13H18N4/c1-13(2)5-6-17(8-13)12-15-10-4-3-9(14)7-11(10)16-12/h3-4,7H,5-6,8,14H2,1-2H3,(H,15,16).